The summed E-state index contributed by atoms with van der Waals surface area (Å²) in [7, 11) is 4.01. The standard InChI is InChI=1S/C18H36N4O/c1-4-19-17(20-14-16-6-11-22(2)12-7-16)21-15-18(8-5-9-18)10-13-23-3/h16H,4-15H2,1-3H3,(H2,19,20,21). The maximum Gasteiger partial charge on any atom is 0.191 e. The van der Waals surface area contributed by atoms with Crippen molar-refractivity contribution in [3.8, 4) is 0 Å². The Morgan fingerprint density at radius 1 is 1.26 bits per heavy atom. The Balaban J connectivity index is 1.79. The van der Waals surface area contributed by atoms with E-state index in [1.807, 2.05) is 0 Å². The van der Waals surface area contributed by atoms with Crippen LogP contribution in [0.5, 0.6) is 0 Å². The molecule has 5 heteroatoms. The molecule has 0 atom stereocenters. The molecule has 0 unspecified atom stereocenters. The average Bonchev–Trinajstić information content (AvgIpc) is 2.52. The van der Waals surface area contributed by atoms with Gasteiger partial charge in [0.1, 0.15) is 0 Å². The van der Waals surface area contributed by atoms with Gasteiger partial charge in [0, 0.05) is 33.4 Å². The number of nitrogens with one attached hydrogen (secondary N) is 2. The number of piperidine rings is 1. The molecule has 1 aliphatic heterocycles. The van der Waals surface area contributed by atoms with E-state index >= 15 is 0 Å². The lowest BCUT2D eigenvalue weighted by molar-refractivity contribution is 0.0778. The first-order valence-electron chi connectivity index (χ1n) is 9.37. The van der Waals surface area contributed by atoms with Gasteiger partial charge in [-0.15, -0.1) is 0 Å². The predicted molar refractivity (Wildman–Crippen MR) is 97.0 cm³/mol. The highest BCUT2D eigenvalue weighted by molar-refractivity contribution is 5.79. The van der Waals surface area contributed by atoms with Gasteiger partial charge in [-0.2, -0.15) is 0 Å². The number of hydrogen-bond acceptors (Lipinski definition) is 3. The first-order chi connectivity index (χ1) is 11.2. The molecule has 23 heavy (non-hydrogen) atoms. The van der Waals surface area contributed by atoms with Crippen molar-refractivity contribution >= 4 is 5.96 Å². The van der Waals surface area contributed by atoms with Crippen LogP contribution in [-0.4, -0.2) is 64.3 Å². The second-order valence-corrected chi connectivity index (χ2v) is 7.42. The van der Waals surface area contributed by atoms with Crippen LogP contribution in [0.3, 0.4) is 0 Å². The van der Waals surface area contributed by atoms with Gasteiger partial charge in [0.25, 0.3) is 0 Å². The second-order valence-electron chi connectivity index (χ2n) is 7.42. The van der Waals surface area contributed by atoms with Crippen molar-refractivity contribution in [1.82, 2.24) is 15.5 Å². The fourth-order valence-corrected chi connectivity index (χ4v) is 3.58. The Morgan fingerprint density at radius 3 is 2.57 bits per heavy atom. The first kappa shape index (κ1) is 18.5. The molecule has 1 saturated carbocycles. The minimum atomic E-state index is 0.395. The predicted octanol–water partition coefficient (Wildman–Crippen LogP) is 2.09. The van der Waals surface area contributed by atoms with Gasteiger partial charge in [-0.3, -0.25) is 4.99 Å². The Morgan fingerprint density at radius 2 is 2.00 bits per heavy atom. The number of methoxy groups -OCH3 is 1. The quantitative estimate of drug-likeness (QED) is 0.530. The molecule has 2 aliphatic rings. The van der Waals surface area contributed by atoms with Gasteiger partial charge in [0.15, 0.2) is 5.96 Å². The highest BCUT2D eigenvalue weighted by atomic mass is 16.5. The van der Waals surface area contributed by atoms with Crippen molar-refractivity contribution in [1.29, 1.82) is 0 Å². The molecule has 5 nitrogen and oxygen atoms in total. The van der Waals surface area contributed by atoms with E-state index in [1.54, 1.807) is 7.11 Å². The van der Waals surface area contributed by atoms with Crippen molar-refractivity contribution < 1.29 is 4.74 Å². The molecular weight excluding hydrogens is 288 g/mol. The zero-order valence-corrected chi connectivity index (χ0v) is 15.4. The first-order valence-corrected chi connectivity index (χ1v) is 9.37. The van der Waals surface area contributed by atoms with Crippen LogP contribution in [0.4, 0.5) is 0 Å². The summed E-state index contributed by atoms with van der Waals surface area (Å²) < 4.78 is 5.28. The van der Waals surface area contributed by atoms with Gasteiger partial charge in [-0.1, -0.05) is 6.42 Å². The minimum Gasteiger partial charge on any atom is -0.385 e. The minimum absolute atomic E-state index is 0.395. The van der Waals surface area contributed by atoms with Crippen molar-refractivity contribution in [3.05, 3.63) is 0 Å². The summed E-state index contributed by atoms with van der Waals surface area (Å²) in [4.78, 5) is 7.31. The summed E-state index contributed by atoms with van der Waals surface area (Å²) >= 11 is 0. The third-order valence-electron chi connectivity index (χ3n) is 5.56. The van der Waals surface area contributed by atoms with Gasteiger partial charge in [0.2, 0.25) is 0 Å². The van der Waals surface area contributed by atoms with E-state index in [0.717, 1.165) is 44.5 Å². The maximum absolute atomic E-state index is 5.28. The van der Waals surface area contributed by atoms with Gasteiger partial charge in [-0.25, -0.2) is 0 Å². The summed E-state index contributed by atoms with van der Waals surface area (Å²) in [6.45, 7) is 8.33. The molecule has 0 amide bonds. The zero-order valence-electron chi connectivity index (χ0n) is 15.4. The molecule has 1 heterocycles. The molecule has 2 fully saturated rings. The summed E-state index contributed by atoms with van der Waals surface area (Å²) in [5.74, 6) is 1.77. The van der Waals surface area contributed by atoms with Gasteiger partial charge in [-0.05, 0) is 70.5 Å². The van der Waals surface area contributed by atoms with Crippen LogP contribution < -0.4 is 10.6 Å². The monoisotopic (exact) mass is 324 g/mol. The molecule has 134 valence electrons. The van der Waals surface area contributed by atoms with Crippen LogP contribution in [0.25, 0.3) is 0 Å². The lowest BCUT2D eigenvalue weighted by Crippen LogP contribution is -2.43. The summed E-state index contributed by atoms with van der Waals surface area (Å²) in [5, 5.41) is 6.98. The number of ether oxygens (including phenoxy) is 1. The smallest absolute Gasteiger partial charge is 0.191 e. The Kier molecular flexibility index (Phi) is 7.63. The Labute approximate surface area is 142 Å². The summed E-state index contributed by atoms with van der Waals surface area (Å²) in [5.41, 5.74) is 0.395. The van der Waals surface area contributed by atoms with Crippen molar-refractivity contribution in [2.45, 2.75) is 45.4 Å². The maximum atomic E-state index is 5.28. The van der Waals surface area contributed by atoms with Crippen LogP contribution in [0.15, 0.2) is 4.99 Å². The number of likely N-dealkylation sites (tertiary alicyclic amines) is 1. The number of aliphatic imine (C=N–C) groups is 1. The molecular formula is C18H36N4O. The Hall–Kier alpha value is -0.810. The fraction of sp³-hybridized carbons (Fsp3) is 0.944. The van der Waals surface area contributed by atoms with Crippen molar-refractivity contribution in [2.75, 3.05) is 53.5 Å². The largest absolute Gasteiger partial charge is 0.385 e. The molecule has 0 bridgehead atoms. The van der Waals surface area contributed by atoms with Crippen LogP contribution in [0.1, 0.15) is 45.4 Å². The van der Waals surface area contributed by atoms with Crippen LogP contribution >= 0.6 is 0 Å². The van der Waals surface area contributed by atoms with Crippen molar-refractivity contribution in [3.63, 3.8) is 0 Å². The fourth-order valence-electron chi connectivity index (χ4n) is 3.58. The van der Waals surface area contributed by atoms with Crippen LogP contribution in [0.2, 0.25) is 0 Å². The third kappa shape index (κ3) is 5.96. The topological polar surface area (TPSA) is 48.9 Å². The molecule has 0 radical (unpaired) electrons. The molecule has 0 aromatic carbocycles. The zero-order chi connectivity index (χ0) is 16.5. The van der Waals surface area contributed by atoms with Gasteiger partial charge >= 0.3 is 0 Å². The van der Waals surface area contributed by atoms with E-state index in [1.165, 1.54) is 45.2 Å². The molecule has 1 saturated heterocycles. The van der Waals surface area contributed by atoms with E-state index in [-0.39, 0.29) is 0 Å². The summed E-state index contributed by atoms with van der Waals surface area (Å²) in [6.07, 6.45) is 7.67. The van der Waals surface area contributed by atoms with E-state index in [9.17, 15) is 0 Å². The number of nitrogens with zero attached hydrogens (tertiary/aromatic N) is 2. The van der Waals surface area contributed by atoms with E-state index in [0.29, 0.717) is 5.41 Å². The normalized spacial score (nSPS) is 22.7. The van der Waals surface area contributed by atoms with Crippen molar-refractivity contribution in [2.24, 2.45) is 16.3 Å². The van der Waals surface area contributed by atoms with Gasteiger partial charge < -0.3 is 20.3 Å². The number of hydrogen-bond donors (Lipinski definition) is 2. The third-order valence-corrected chi connectivity index (χ3v) is 5.56. The Bertz CT molecular complexity index is 360. The molecule has 0 aromatic rings. The lowest BCUT2D eigenvalue weighted by atomic mass is 9.67. The second kappa shape index (κ2) is 9.48. The van der Waals surface area contributed by atoms with E-state index < -0.39 is 0 Å². The SMILES string of the molecule is CCNC(=NCC1(CCOC)CCC1)NCC1CCN(C)CC1. The van der Waals surface area contributed by atoms with Crippen LogP contribution in [0, 0.1) is 11.3 Å². The van der Waals surface area contributed by atoms with E-state index in [4.69, 9.17) is 9.73 Å². The van der Waals surface area contributed by atoms with Gasteiger partial charge in [0.05, 0.1) is 0 Å². The lowest BCUT2D eigenvalue weighted by Gasteiger charge is -2.40. The highest BCUT2D eigenvalue weighted by Crippen LogP contribution is 2.44. The molecule has 0 spiro atoms. The van der Waals surface area contributed by atoms with Crippen LogP contribution in [-0.2, 0) is 4.74 Å². The molecule has 1 aliphatic carbocycles. The average molecular weight is 325 g/mol. The summed E-state index contributed by atoms with van der Waals surface area (Å²) in [6, 6.07) is 0. The van der Waals surface area contributed by atoms with E-state index in [2.05, 4.69) is 29.5 Å². The number of rotatable bonds is 8. The molecule has 2 N–H and O–H groups in total. The highest BCUT2D eigenvalue weighted by Gasteiger charge is 2.36. The molecule has 2 rings (SSSR count). The number of guanidine groups is 1. The molecule has 0 aromatic heterocycles.